The number of nitrogens with one attached hydrogen (secondary N) is 1. The van der Waals surface area contributed by atoms with Gasteiger partial charge >= 0.3 is 0 Å². The van der Waals surface area contributed by atoms with Crippen molar-refractivity contribution in [2.75, 3.05) is 21.2 Å². The third-order valence-electron chi connectivity index (χ3n) is 5.16. The van der Waals surface area contributed by atoms with Crippen molar-refractivity contribution in [1.82, 2.24) is 10.3 Å². The summed E-state index contributed by atoms with van der Waals surface area (Å²) in [5.41, 5.74) is 4.34. The van der Waals surface area contributed by atoms with Crippen molar-refractivity contribution in [2.24, 2.45) is 11.8 Å². The maximum absolute atomic E-state index is 5.97. The Balaban J connectivity index is 2.35. The molecule has 1 fully saturated rings. The minimum atomic E-state index is 0.0631. The summed E-state index contributed by atoms with van der Waals surface area (Å²) < 4.78 is 5.37. The summed E-state index contributed by atoms with van der Waals surface area (Å²) in [5.74, 6) is 7.65. The zero-order chi connectivity index (χ0) is 15.5. The van der Waals surface area contributed by atoms with E-state index in [0.717, 1.165) is 24.5 Å². The molecule has 0 saturated heterocycles. The number of ether oxygens (including phenoxy) is 1. The van der Waals surface area contributed by atoms with Crippen molar-refractivity contribution >= 4 is 0 Å². The van der Waals surface area contributed by atoms with Crippen molar-refractivity contribution in [3.63, 3.8) is 0 Å². The Morgan fingerprint density at radius 1 is 1.33 bits per heavy atom. The van der Waals surface area contributed by atoms with Crippen LogP contribution in [0.5, 0.6) is 5.75 Å². The SMILES string of the molecule is COc1cccc(C(NN)C2(N(C)C)CCC(C)CC2)c1. The molecule has 4 nitrogen and oxygen atoms in total. The lowest BCUT2D eigenvalue weighted by Gasteiger charge is -2.49. The first kappa shape index (κ1) is 16.3. The molecule has 0 heterocycles. The van der Waals surface area contributed by atoms with E-state index in [-0.39, 0.29) is 11.6 Å². The van der Waals surface area contributed by atoms with Gasteiger partial charge in [-0.1, -0.05) is 19.1 Å². The minimum absolute atomic E-state index is 0.0631. The second-order valence-electron chi connectivity index (χ2n) is 6.56. The van der Waals surface area contributed by atoms with Crippen molar-refractivity contribution in [3.05, 3.63) is 29.8 Å². The van der Waals surface area contributed by atoms with Crippen LogP contribution in [-0.4, -0.2) is 31.6 Å². The molecule has 1 aromatic rings. The maximum atomic E-state index is 5.97. The monoisotopic (exact) mass is 291 g/mol. The van der Waals surface area contributed by atoms with E-state index in [1.807, 2.05) is 12.1 Å². The summed E-state index contributed by atoms with van der Waals surface area (Å²) in [6.45, 7) is 2.34. The number of methoxy groups -OCH3 is 1. The van der Waals surface area contributed by atoms with Crippen LogP contribution in [0.1, 0.15) is 44.2 Å². The lowest BCUT2D eigenvalue weighted by molar-refractivity contribution is 0.0428. The summed E-state index contributed by atoms with van der Waals surface area (Å²) >= 11 is 0. The average molecular weight is 291 g/mol. The molecule has 1 unspecified atom stereocenters. The maximum Gasteiger partial charge on any atom is 0.119 e. The van der Waals surface area contributed by atoms with E-state index in [1.165, 1.54) is 18.4 Å². The first-order chi connectivity index (χ1) is 10.0. The molecule has 0 aromatic heterocycles. The Morgan fingerprint density at radius 2 is 2.00 bits per heavy atom. The molecule has 1 aliphatic rings. The predicted octanol–water partition coefficient (Wildman–Crippen LogP) is 2.71. The molecule has 1 saturated carbocycles. The zero-order valence-corrected chi connectivity index (χ0v) is 13.7. The number of rotatable bonds is 5. The zero-order valence-electron chi connectivity index (χ0n) is 13.7. The summed E-state index contributed by atoms with van der Waals surface area (Å²) in [5, 5.41) is 0. The molecule has 1 aliphatic carbocycles. The summed E-state index contributed by atoms with van der Waals surface area (Å²) in [4.78, 5) is 2.35. The number of hydrogen-bond donors (Lipinski definition) is 2. The predicted molar refractivity (Wildman–Crippen MR) is 87.1 cm³/mol. The Hall–Kier alpha value is -1.10. The second-order valence-corrected chi connectivity index (χ2v) is 6.56. The molecule has 0 aliphatic heterocycles. The van der Waals surface area contributed by atoms with Crippen molar-refractivity contribution in [2.45, 2.75) is 44.2 Å². The fraction of sp³-hybridized carbons (Fsp3) is 0.647. The van der Waals surface area contributed by atoms with Crippen molar-refractivity contribution in [1.29, 1.82) is 0 Å². The highest BCUT2D eigenvalue weighted by Gasteiger charge is 2.43. The third kappa shape index (κ3) is 3.23. The molecule has 2 rings (SSSR count). The number of likely N-dealkylation sites (N-methyl/N-ethyl adjacent to an activating group) is 1. The standard InChI is InChI=1S/C17H29N3O/c1-13-8-10-17(11-9-13,20(2)3)16(19-18)14-6-5-7-15(12-14)21-4/h5-7,12-13,16,19H,8-11,18H2,1-4H3. The molecule has 0 spiro atoms. The van der Waals surface area contributed by atoms with E-state index in [4.69, 9.17) is 10.6 Å². The summed E-state index contributed by atoms with van der Waals surface area (Å²) in [7, 11) is 6.04. The van der Waals surface area contributed by atoms with Gasteiger partial charge in [-0.3, -0.25) is 11.3 Å². The lowest BCUT2D eigenvalue weighted by Crippen LogP contribution is -2.56. The topological polar surface area (TPSA) is 50.5 Å². The van der Waals surface area contributed by atoms with Gasteiger partial charge in [-0.05, 0) is 63.4 Å². The first-order valence-corrected chi connectivity index (χ1v) is 7.81. The van der Waals surface area contributed by atoms with Crippen LogP contribution in [0.2, 0.25) is 0 Å². The number of nitrogens with two attached hydrogens (primary N) is 1. The van der Waals surface area contributed by atoms with Crippen LogP contribution in [-0.2, 0) is 0 Å². The van der Waals surface area contributed by atoms with Gasteiger partial charge < -0.3 is 9.64 Å². The van der Waals surface area contributed by atoms with Crippen LogP contribution in [0.15, 0.2) is 24.3 Å². The molecule has 1 aromatic carbocycles. The molecule has 0 bridgehead atoms. The lowest BCUT2D eigenvalue weighted by atomic mass is 9.70. The van der Waals surface area contributed by atoms with E-state index >= 15 is 0 Å². The van der Waals surface area contributed by atoms with Gasteiger partial charge in [0.1, 0.15) is 5.75 Å². The van der Waals surface area contributed by atoms with Gasteiger partial charge in [-0.2, -0.15) is 0 Å². The van der Waals surface area contributed by atoms with Gasteiger partial charge in [0.15, 0.2) is 0 Å². The van der Waals surface area contributed by atoms with E-state index in [1.54, 1.807) is 7.11 Å². The van der Waals surface area contributed by atoms with Gasteiger partial charge in [-0.25, -0.2) is 0 Å². The number of hydrazine groups is 1. The Kier molecular flexibility index (Phi) is 5.25. The van der Waals surface area contributed by atoms with Crippen molar-refractivity contribution in [3.8, 4) is 5.75 Å². The van der Waals surface area contributed by atoms with Crippen molar-refractivity contribution < 1.29 is 4.74 Å². The fourth-order valence-electron chi connectivity index (χ4n) is 3.64. The molecule has 3 N–H and O–H groups in total. The molecule has 0 amide bonds. The molecule has 118 valence electrons. The third-order valence-corrected chi connectivity index (χ3v) is 5.16. The van der Waals surface area contributed by atoms with Gasteiger partial charge in [0, 0.05) is 5.54 Å². The van der Waals surface area contributed by atoms with Gasteiger partial charge in [0.05, 0.1) is 13.2 Å². The summed E-state index contributed by atoms with van der Waals surface area (Å²) in [6, 6.07) is 8.34. The first-order valence-electron chi connectivity index (χ1n) is 7.81. The smallest absolute Gasteiger partial charge is 0.119 e. The van der Waals surface area contributed by atoms with Crippen LogP contribution in [0.3, 0.4) is 0 Å². The van der Waals surface area contributed by atoms with Gasteiger partial charge in [0.25, 0.3) is 0 Å². The molecule has 0 radical (unpaired) electrons. The highest BCUT2D eigenvalue weighted by Crippen LogP contribution is 2.43. The molecular formula is C17H29N3O. The normalized spacial score (nSPS) is 27.6. The van der Waals surface area contributed by atoms with Crippen LogP contribution in [0, 0.1) is 5.92 Å². The molecule has 4 heteroatoms. The highest BCUT2D eigenvalue weighted by atomic mass is 16.5. The molecule has 21 heavy (non-hydrogen) atoms. The Morgan fingerprint density at radius 3 is 2.52 bits per heavy atom. The van der Waals surface area contributed by atoms with Gasteiger partial charge in [0.2, 0.25) is 0 Å². The van der Waals surface area contributed by atoms with E-state index in [0.29, 0.717) is 0 Å². The van der Waals surface area contributed by atoms with Crippen LogP contribution in [0.25, 0.3) is 0 Å². The highest BCUT2D eigenvalue weighted by molar-refractivity contribution is 5.32. The Bertz CT molecular complexity index is 453. The fourth-order valence-corrected chi connectivity index (χ4v) is 3.64. The number of nitrogens with zero attached hydrogens (tertiary/aromatic N) is 1. The number of hydrogen-bond acceptors (Lipinski definition) is 4. The average Bonchev–Trinajstić information content (AvgIpc) is 2.50. The van der Waals surface area contributed by atoms with Crippen LogP contribution >= 0.6 is 0 Å². The Labute approximate surface area is 128 Å². The van der Waals surface area contributed by atoms with E-state index in [9.17, 15) is 0 Å². The minimum Gasteiger partial charge on any atom is -0.497 e. The summed E-state index contributed by atoms with van der Waals surface area (Å²) in [6.07, 6.45) is 4.82. The van der Waals surface area contributed by atoms with Gasteiger partial charge in [-0.15, -0.1) is 0 Å². The molecule has 1 atom stereocenters. The quantitative estimate of drug-likeness (QED) is 0.647. The van der Waals surface area contributed by atoms with E-state index in [2.05, 4.69) is 43.5 Å². The largest absolute Gasteiger partial charge is 0.497 e. The van der Waals surface area contributed by atoms with Crippen LogP contribution < -0.4 is 16.0 Å². The van der Waals surface area contributed by atoms with Crippen LogP contribution in [0.4, 0.5) is 0 Å². The van der Waals surface area contributed by atoms with E-state index < -0.39 is 0 Å². The number of benzene rings is 1. The molecular weight excluding hydrogens is 262 g/mol. The second kappa shape index (κ2) is 6.77.